The number of benzene rings is 3. The lowest BCUT2D eigenvalue weighted by atomic mass is 10.1. The molecule has 4 rings (SSSR count). The molecule has 0 aliphatic rings. The molecule has 0 saturated carbocycles. The lowest BCUT2D eigenvalue weighted by Gasteiger charge is -2.12. The van der Waals surface area contributed by atoms with Crippen molar-refractivity contribution in [2.24, 2.45) is 5.10 Å². The van der Waals surface area contributed by atoms with Crippen LogP contribution in [0.2, 0.25) is 0 Å². The fourth-order valence-electron chi connectivity index (χ4n) is 3.04. The van der Waals surface area contributed by atoms with Crippen LogP contribution in [0.3, 0.4) is 0 Å². The minimum Gasteiger partial charge on any atom is -0.481 e. The molecule has 32 heavy (non-hydrogen) atoms. The van der Waals surface area contributed by atoms with Gasteiger partial charge in [-0.2, -0.15) is 10.2 Å². The number of hydrogen-bond acceptors (Lipinski definition) is 4. The molecule has 1 atom stereocenters. The minimum atomic E-state index is -0.700. The van der Waals surface area contributed by atoms with Gasteiger partial charge in [0.05, 0.1) is 11.9 Å². The lowest BCUT2D eigenvalue weighted by Crippen LogP contribution is -2.33. The highest BCUT2D eigenvalue weighted by Gasteiger charge is 2.15. The van der Waals surface area contributed by atoms with E-state index in [0.29, 0.717) is 5.75 Å². The zero-order valence-corrected chi connectivity index (χ0v) is 18.9. The van der Waals surface area contributed by atoms with Crippen molar-refractivity contribution in [3.63, 3.8) is 0 Å². The van der Waals surface area contributed by atoms with E-state index < -0.39 is 6.10 Å². The maximum Gasteiger partial charge on any atom is 0.280 e. The van der Waals surface area contributed by atoms with Gasteiger partial charge in [-0.1, -0.05) is 64.5 Å². The van der Waals surface area contributed by atoms with Crippen molar-refractivity contribution in [2.75, 3.05) is 0 Å². The molecular weight excluding hydrogens is 468 g/mol. The Morgan fingerprint density at radius 2 is 1.69 bits per heavy atom. The first kappa shape index (κ1) is 21.5. The summed E-state index contributed by atoms with van der Waals surface area (Å²) in [4.78, 5) is 12.4. The van der Waals surface area contributed by atoms with E-state index in [1.54, 1.807) is 30.0 Å². The fraction of sp³-hybridized carbons (Fsp3) is 0.0800. The van der Waals surface area contributed by atoms with Gasteiger partial charge in [-0.3, -0.25) is 4.79 Å². The molecule has 6 nitrogen and oxygen atoms in total. The average molecular weight is 489 g/mol. The SMILES string of the molecule is C[C@H](Oc1ccc(Br)cc1)C(=O)N/N=C\c1cn(-c2ccccc2)nc1-c1ccccc1. The third-order valence-corrected chi connectivity index (χ3v) is 5.21. The molecule has 1 N–H and O–H groups in total. The summed E-state index contributed by atoms with van der Waals surface area (Å²) in [6.45, 7) is 1.68. The smallest absolute Gasteiger partial charge is 0.280 e. The topological polar surface area (TPSA) is 68.5 Å². The van der Waals surface area contributed by atoms with Gasteiger partial charge in [0.2, 0.25) is 0 Å². The van der Waals surface area contributed by atoms with E-state index in [-0.39, 0.29) is 5.91 Å². The van der Waals surface area contributed by atoms with Crippen LogP contribution < -0.4 is 10.2 Å². The Hall–Kier alpha value is -3.71. The lowest BCUT2D eigenvalue weighted by molar-refractivity contribution is -0.127. The predicted molar refractivity (Wildman–Crippen MR) is 129 cm³/mol. The zero-order chi connectivity index (χ0) is 22.3. The number of amides is 1. The summed E-state index contributed by atoms with van der Waals surface area (Å²) >= 11 is 3.38. The predicted octanol–water partition coefficient (Wildman–Crippen LogP) is 5.22. The van der Waals surface area contributed by atoms with Crippen LogP contribution in [-0.4, -0.2) is 28.0 Å². The van der Waals surface area contributed by atoms with Crippen LogP contribution in [0.1, 0.15) is 12.5 Å². The van der Waals surface area contributed by atoms with Crippen molar-refractivity contribution in [1.82, 2.24) is 15.2 Å². The normalized spacial score (nSPS) is 11.9. The van der Waals surface area contributed by atoms with Gasteiger partial charge in [-0.25, -0.2) is 10.1 Å². The number of carbonyl (C=O) groups is 1. The molecule has 0 bridgehead atoms. The second kappa shape index (κ2) is 10.1. The van der Waals surface area contributed by atoms with E-state index in [9.17, 15) is 4.79 Å². The van der Waals surface area contributed by atoms with E-state index in [1.165, 1.54) is 0 Å². The van der Waals surface area contributed by atoms with Crippen molar-refractivity contribution in [2.45, 2.75) is 13.0 Å². The molecule has 160 valence electrons. The van der Waals surface area contributed by atoms with Crippen LogP contribution in [-0.2, 0) is 4.79 Å². The number of hydrazone groups is 1. The molecule has 0 unspecified atom stereocenters. The van der Waals surface area contributed by atoms with E-state index in [1.807, 2.05) is 79.0 Å². The first-order chi connectivity index (χ1) is 15.6. The van der Waals surface area contributed by atoms with Gasteiger partial charge in [0.25, 0.3) is 5.91 Å². The number of nitrogens with one attached hydrogen (secondary N) is 1. The highest BCUT2D eigenvalue weighted by Crippen LogP contribution is 2.22. The zero-order valence-electron chi connectivity index (χ0n) is 17.4. The van der Waals surface area contributed by atoms with Gasteiger partial charge in [0.1, 0.15) is 11.4 Å². The Balaban J connectivity index is 1.50. The number of nitrogens with zero attached hydrogens (tertiary/aromatic N) is 3. The molecule has 4 aromatic rings. The summed E-state index contributed by atoms with van der Waals surface area (Å²) in [7, 11) is 0. The number of rotatable bonds is 7. The number of para-hydroxylation sites is 1. The highest BCUT2D eigenvalue weighted by atomic mass is 79.9. The van der Waals surface area contributed by atoms with Crippen LogP contribution in [0.25, 0.3) is 16.9 Å². The van der Waals surface area contributed by atoms with E-state index in [0.717, 1.165) is 27.0 Å². The molecule has 0 radical (unpaired) electrons. The average Bonchev–Trinajstić information content (AvgIpc) is 3.26. The highest BCUT2D eigenvalue weighted by molar-refractivity contribution is 9.10. The third kappa shape index (κ3) is 5.31. The van der Waals surface area contributed by atoms with Crippen LogP contribution in [0.15, 0.2) is 101 Å². The Bertz CT molecular complexity index is 1210. The summed E-state index contributed by atoms with van der Waals surface area (Å²) in [6.07, 6.45) is 2.78. The van der Waals surface area contributed by atoms with Crippen molar-refractivity contribution in [3.05, 3.63) is 101 Å². The second-order valence-electron chi connectivity index (χ2n) is 7.03. The number of ether oxygens (including phenoxy) is 1. The molecule has 3 aromatic carbocycles. The van der Waals surface area contributed by atoms with Gasteiger partial charge in [-0.15, -0.1) is 0 Å². The molecule has 0 saturated heterocycles. The van der Waals surface area contributed by atoms with E-state index in [4.69, 9.17) is 9.84 Å². The number of hydrogen-bond donors (Lipinski definition) is 1. The van der Waals surface area contributed by atoms with E-state index in [2.05, 4.69) is 26.5 Å². The Morgan fingerprint density at radius 1 is 1.03 bits per heavy atom. The molecular formula is C25H21BrN4O2. The quantitative estimate of drug-likeness (QED) is 0.286. The molecule has 0 spiro atoms. The number of aromatic nitrogens is 2. The Labute approximate surface area is 194 Å². The summed E-state index contributed by atoms with van der Waals surface area (Å²) in [5, 5.41) is 8.88. The van der Waals surface area contributed by atoms with Crippen molar-refractivity contribution < 1.29 is 9.53 Å². The maximum absolute atomic E-state index is 12.4. The first-order valence-corrected chi connectivity index (χ1v) is 10.8. The van der Waals surface area contributed by atoms with Crippen LogP contribution in [0, 0.1) is 0 Å². The van der Waals surface area contributed by atoms with Gasteiger partial charge in [0.15, 0.2) is 6.10 Å². The van der Waals surface area contributed by atoms with Gasteiger partial charge < -0.3 is 4.74 Å². The molecule has 0 aliphatic carbocycles. The van der Waals surface area contributed by atoms with Crippen LogP contribution in [0.4, 0.5) is 0 Å². The second-order valence-corrected chi connectivity index (χ2v) is 7.94. The standard InChI is InChI=1S/C25H21BrN4O2/c1-18(32-23-14-12-21(26)13-15-23)25(31)28-27-16-20-17-30(22-10-6-3-7-11-22)29-24(20)19-8-4-2-5-9-19/h2-18H,1H3,(H,28,31)/b27-16-/t18-/m0/s1. The minimum absolute atomic E-state index is 0.346. The van der Waals surface area contributed by atoms with Gasteiger partial charge in [-0.05, 0) is 43.3 Å². The monoisotopic (exact) mass is 488 g/mol. The number of halogens is 1. The molecule has 0 fully saturated rings. The molecule has 1 heterocycles. The summed E-state index contributed by atoms with van der Waals surface area (Å²) < 4.78 is 8.40. The number of carbonyl (C=O) groups excluding carboxylic acids is 1. The van der Waals surface area contributed by atoms with E-state index >= 15 is 0 Å². The largest absolute Gasteiger partial charge is 0.481 e. The molecule has 7 heteroatoms. The van der Waals surface area contributed by atoms with Crippen molar-refractivity contribution in [1.29, 1.82) is 0 Å². The van der Waals surface area contributed by atoms with Gasteiger partial charge >= 0.3 is 0 Å². The summed E-state index contributed by atoms with van der Waals surface area (Å²) in [6, 6.07) is 27.0. The molecule has 0 aliphatic heterocycles. The molecule has 1 amide bonds. The summed E-state index contributed by atoms with van der Waals surface area (Å²) in [5.41, 5.74) is 5.99. The third-order valence-electron chi connectivity index (χ3n) is 4.68. The maximum atomic E-state index is 12.4. The van der Waals surface area contributed by atoms with Crippen molar-refractivity contribution >= 4 is 28.1 Å². The molecule has 1 aromatic heterocycles. The summed E-state index contributed by atoms with van der Waals surface area (Å²) in [5.74, 6) is 0.260. The Morgan fingerprint density at radius 3 is 2.38 bits per heavy atom. The van der Waals surface area contributed by atoms with Crippen LogP contribution >= 0.6 is 15.9 Å². The fourth-order valence-corrected chi connectivity index (χ4v) is 3.31. The Kier molecular flexibility index (Phi) is 6.77. The first-order valence-electron chi connectivity index (χ1n) is 10.1. The van der Waals surface area contributed by atoms with Crippen molar-refractivity contribution in [3.8, 4) is 22.7 Å². The van der Waals surface area contributed by atoms with Gasteiger partial charge in [0, 0.05) is 21.8 Å². The van der Waals surface area contributed by atoms with Crippen LogP contribution in [0.5, 0.6) is 5.75 Å².